The number of nitrogens with zero attached hydrogens (tertiary/aromatic N) is 5. The van der Waals surface area contributed by atoms with Crippen LogP contribution in [0, 0.1) is 30.2 Å². The number of ketones is 1. The van der Waals surface area contributed by atoms with Crippen LogP contribution in [0.1, 0.15) is 71.1 Å². The number of amidine groups is 1. The maximum Gasteiger partial charge on any atom is 0.207 e. The van der Waals surface area contributed by atoms with Gasteiger partial charge in [0.25, 0.3) is 0 Å². The SMILES string of the molecule is Cc1ccccc1C1CCC1CC(=NC#N)N1CCC(C(=O)c2cnccn2)CC(c2ccccc2)C1. The first-order valence-electron chi connectivity index (χ1n) is 13.2. The molecule has 1 aliphatic carbocycles. The number of aromatic nitrogens is 2. The Balaban J connectivity index is 1.38. The van der Waals surface area contributed by atoms with Crippen LogP contribution in [0.4, 0.5) is 0 Å². The van der Waals surface area contributed by atoms with Gasteiger partial charge in [0.15, 0.2) is 5.78 Å². The smallest absolute Gasteiger partial charge is 0.207 e. The van der Waals surface area contributed by atoms with Crippen LogP contribution in [0.5, 0.6) is 0 Å². The van der Waals surface area contributed by atoms with E-state index in [4.69, 9.17) is 0 Å². The Bertz CT molecular complexity index is 1280. The molecule has 2 aliphatic rings. The summed E-state index contributed by atoms with van der Waals surface area (Å²) in [4.78, 5) is 28.4. The molecule has 1 saturated heterocycles. The Morgan fingerprint density at radius 1 is 1.08 bits per heavy atom. The summed E-state index contributed by atoms with van der Waals surface area (Å²) in [5, 5.41) is 9.61. The average Bonchev–Trinajstić information content (AvgIpc) is 3.16. The first-order chi connectivity index (χ1) is 18.1. The molecular weight excluding hydrogens is 458 g/mol. The molecule has 2 aromatic carbocycles. The van der Waals surface area contributed by atoms with E-state index in [2.05, 4.69) is 81.5 Å². The van der Waals surface area contributed by atoms with Gasteiger partial charge in [-0.2, -0.15) is 10.3 Å². The standard InChI is InChI=1S/C31H33N5O/c1-22-7-5-6-10-27(22)28-12-11-24(28)18-30(35-21-32)36-16-13-25(31(37)29-19-33-14-15-34-29)17-26(20-36)23-8-3-2-4-9-23/h2-10,14-15,19,24-26,28H,11-13,16-18,20H2,1H3. The van der Waals surface area contributed by atoms with E-state index in [0.29, 0.717) is 30.5 Å². The monoisotopic (exact) mass is 491 g/mol. The number of likely N-dealkylation sites (tertiary alicyclic amines) is 1. The minimum absolute atomic E-state index is 0.0493. The van der Waals surface area contributed by atoms with Crippen LogP contribution in [0.15, 0.2) is 78.2 Å². The van der Waals surface area contributed by atoms with Crippen LogP contribution in [0.25, 0.3) is 0 Å². The number of nitriles is 1. The molecule has 0 amide bonds. The second-order valence-corrected chi connectivity index (χ2v) is 10.4. The fourth-order valence-electron chi connectivity index (χ4n) is 6.04. The first kappa shape index (κ1) is 24.8. The molecule has 0 radical (unpaired) electrons. The van der Waals surface area contributed by atoms with E-state index in [-0.39, 0.29) is 17.6 Å². The normalized spacial score (nSPS) is 24.0. The van der Waals surface area contributed by atoms with Gasteiger partial charge in [0.2, 0.25) is 6.19 Å². The molecule has 0 spiro atoms. The van der Waals surface area contributed by atoms with Gasteiger partial charge >= 0.3 is 0 Å². The van der Waals surface area contributed by atoms with Crippen LogP contribution in [0.2, 0.25) is 0 Å². The highest BCUT2D eigenvalue weighted by Crippen LogP contribution is 2.46. The van der Waals surface area contributed by atoms with Gasteiger partial charge in [0.1, 0.15) is 11.5 Å². The highest BCUT2D eigenvalue weighted by atomic mass is 16.1. The summed E-state index contributed by atoms with van der Waals surface area (Å²) in [7, 11) is 0. The molecule has 5 rings (SSSR count). The van der Waals surface area contributed by atoms with Gasteiger partial charge in [-0.3, -0.25) is 9.78 Å². The molecule has 6 heteroatoms. The first-order valence-corrected chi connectivity index (χ1v) is 13.2. The molecule has 4 unspecified atom stereocenters. The zero-order valence-corrected chi connectivity index (χ0v) is 21.3. The lowest BCUT2D eigenvalue weighted by atomic mass is 9.67. The number of Topliss-reactive ketones (excluding diaryl/α,β-unsaturated/α-hetero) is 1. The maximum atomic E-state index is 13.4. The summed E-state index contributed by atoms with van der Waals surface area (Å²) in [6.07, 6.45) is 11.4. The third-order valence-electron chi connectivity index (χ3n) is 8.21. The fraction of sp³-hybridized carbons (Fsp3) is 0.387. The summed E-state index contributed by atoms with van der Waals surface area (Å²) in [6.45, 7) is 3.63. The molecule has 2 fully saturated rings. The van der Waals surface area contributed by atoms with Crippen LogP contribution < -0.4 is 0 Å². The van der Waals surface area contributed by atoms with Crippen molar-refractivity contribution in [2.75, 3.05) is 13.1 Å². The zero-order valence-electron chi connectivity index (χ0n) is 21.3. The molecule has 37 heavy (non-hydrogen) atoms. The predicted molar refractivity (Wildman–Crippen MR) is 144 cm³/mol. The zero-order chi connectivity index (χ0) is 25.6. The van der Waals surface area contributed by atoms with Gasteiger partial charge in [0, 0.05) is 43.7 Å². The topological polar surface area (TPSA) is 82.2 Å². The van der Waals surface area contributed by atoms with Gasteiger partial charge in [-0.05, 0) is 61.1 Å². The third-order valence-corrected chi connectivity index (χ3v) is 8.21. The molecule has 6 nitrogen and oxygen atoms in total. The Morgan fingerprint density at radius 2 is 1.89 bits per heavy atom. The third kappa shape index (κ3) is 5.61. The van der Waals surface area contributed by atoms with Gasteiger partial charge in [-0.25, -0.2) is 4.98 Å². The second-order valence-electron chi connectivity index (χ2n) is 10.4. The quantitative estimate of drug-likeness (QED) is 0.185. The van der Waals surface area contributed by atoms with E-state index in [1.54, 1.807) is 18.6 Å². The second kappa shape index (κ2) is 11.5. The molecule has 3 aromatic rings. The Hall–Kier alpha value is -3.85. The van der Waals surface area contributed by atoms with Gasteiger partial charge < -0.3 is 4.90 Å². The predicted octanol–water partition coefficient (Wildman–Crippen LogP) is 5.93. The van der Waals surface area contributed by atoms with Gasteiger partial charge in [-0.15, -0.1) is 0 Å². The lowest BCUT2D eigenvalue weighted by Crippen LogP contribution is -2.38. The van der Waals surface area contributed by atoms with E-state index in [9.17, 15) is 10.1 Å². The van der Waals surface area contributed by atoms with Crippen molar-refractivity contribution in [2.24, 2.45) is 16.8 Å². The van der Waals surface area contributed by atoms with Gasteiger partial charge in [0.05, 0.1) is 6.20 Å². The number of aryl methyl sites for hydroxylation is 1. The molecule has 0 bridgehead atoms. The van der Waals surface area contributed by atoms with Crippen molar-refractivity contribution < 1.29 is 4.79 Å². The highest BCUT2D eigenvalue weighted by Gasteiger charge is 2.37. The number of carbonyl (C=O) groups is 1. The van der Waals surface area contributed by atoms with E-state index in [1.807, 2.05) is 6.07 Å². The van der Waals surface area contributed by atoms with Crippen LogP contribution >= 0.6 is 0 Å². The summed E-state index contributed by atoms with van der Waals surface area (Å²) in [5.41, 5.74) is 4.39. The van der Waals surface area contributed by atoms with Crippen molar-refractivity contribution in [2.45, 2.75) is 50.9 Å². The molecule has 0 N–H and O–H groups in total. The van der Waals surface area contributed by atoms with Crippen LogP contribution in [0.3, 0.4) is 0 Å². The van der Waals surface area contributed by atoms with E-state index in [1.165, 1.54) is 23.1 Å². The number of carbonyl (C=O) groups excluding carboxylic acids is 1. The maximum absolute atomic E-state index is 13.4. The molecule has 1 aromatic heterocycles. The highest BCUT2D eigenvalue weighted by molar-refractivity contribution is 5.96. The molecule has 188 valence electrons. The summed E-state index contributed by atoms with van der Waals surface area (Å²) >= 11 is 0. The largest absolute Gasteiger partial charge is 0.359 e. The number of hydrogen-bond donors (Lipinski definition) is 0. The van der Waals surface area contributed by atoms with Crippen molar-refractivity contribution in [3.8, 4) is 6.19 Å². The minimum atomic E-state index is -0.154. The van der Waals surface area contributed by atoms with Crippen molar-refractivity contribution in [1.82, 2.24) is 14.9 Å². The fourth-order valence-corrected chi connectivity index (χ4v) is 6.04. The van der Waals surface area contributed by atoms with E-state index >= 15 is 0 Å². The minimum Gasteiger partial charge on any atom is -0.359 e. The van der Waals surface area contributed by atoms with Crippen molar-refractivity contribution >= 4 is 11.6 Å². The van der Waals surface area contributed by atoms with Crippen LogP contribution in [-0.4, -0.2) is 39.6 Å². The summed E-state index contributed by atoms with van der Waals surface area (Å²) in [5.74, 6) is 1.90. The van der Waals surface area contributed by atoms with Crippen molar-refractivity contribution in [1.29, 1.82) is 5.26 Å². The molecular formula is C31H33N5O. The van der Waals surface area contributed by atoms with E-state index < -0.39 is 0 Å². The molecule has 4 atom stereocenters. The number of rotatable bonds is 6. The Labute approximate surface area is 219 Å². The molecule has 1 saturated carbocycles. The van der Waals surface area contributed by atoms with Gasteiger partial charge in [-0.1, -0.05) is 54.6 Å². The Kier molecular flexibility index (Phi) is 7.70. The summed E-state index contributed by atoms with van der Waals surface area (Å²) < 4.78 is 0. The van der Waals surface area contributed by atoms with Crippen LogP contribution in [-0.2, 0) is 0 Å². The van der Waals surface area contributed by atoms with Crippen molar-refractivity contribution in [3.05, 3.63) is 95.6 Å². The van der Waals surface area contributed by atoms with Crippen molar-refractivity contribution in [3.63, 3.8) is 0 Å². The lowest BCUT2D eigenvalue weighted by Gasteiger charge is -2.40. The summed E-state index contributed by atoms with van der Waals surface area (Å²) in [6, 6.07) is 19.0. The molecule has 2 heterocycles. The number of hydrogen-bond acceptors (Lipinski definition) is 5. The van der Waals surface area contributed by atoms with E-state index in [0.717, 1.165) is 31.6 Å². The lowest BCUT2D eigenvalue weighted by molar-refractivity contribution is 0.0900. The average molecular weight is 492 g/mol. The Morgan fingerprint density at radius 3 is 2.59 bits per heavy atom. The number of aliphatic imine (C=N–C) groups is 1. The number of benzene rings is 2. The molecule has 1 aliphatic heterocycles.